The zero-order valence-electron chi connectivity index (χ0n) is 10.8. The predicted molar refractivity (Wildman–Crippen MR) is 77.6 cm³/mol. The summed E-state index contributed by atoms with van der Waals surface area (Å²) in [5.41, 5.74) is 2.56. The smallest absolute Gasteiger partial charge is 0.251 e. The van der Waals surface area contributed by atoms with Crippen molar-refractivity contribution in [3.05, 3.63) is 58.8 Å². The molecule has 0 unspecified atom stereocenters. The second-order valence-corrected chi connectivity index (χ2v) is 5.20. The number of aromatic nitrogens is 3. The van der Waals surface area contributed by atoms with Crippen molar-refractivity contribution in [2.24, 2.45) is 0 Å². The molecule has 1 fully saturated rings. The maximum atomic E-state index is 11.8. The molecule has 1 aliphatic carbocycles. The minimum atomic E-state index is -0.0804. The average molecular weight is 263 g/mol. The van der Waals surface area contributed by atoms with E-state index in [0.717, 1.165) is 40.8 Å². The minimum Gasteiger partial charge on any atom is -0.310 e. The number of fused-ring (bicyclic) bond motifs is 1. The lowest BCUT2D eigenvalue weighted by Gasteiger charge is -2.05. The van der Waals surface area contributed by atoms with Crippen LogP contribution in [0.25, 0.3) is 22.2 Å². The predicted octanol–water partition coefficient (Wildman–Crippen LogP) is 2.86. The standard InChI is InChI=1S/C16H13N3O/c20-15-9-14(18-16(19-15)10-3-4-10)12-5-6-13-11(8-12)2-1-7-17-13/h1-2,5-10H,3-4H2,(H,18,19,20). The fourth-order valence-electron chi connectivity index (χ4n) is 2.41. The van der Waals surface area contributed by atoms with E-state index in [1.807, 2.05) is 30.3 Å². The number of nitrogens with zero attached hydrogens (tertiary/aromatic N) is 2. The third kappa shape index (κ3) is 1.99. The molecule has 0 spiro atoms. The van der Waals surface area contributed by atoms with E-state index in [4.69, 9.17) is 0 Å². The first-order valence-corrected chi connectivity index (χ1v) is 6.76. The third-order valence-corrected chi connectivity index (χ3v) is 3.62. The van der Waals surface area contributed by atoms with Gasteiger partial charge in [0.05, 0.1) is 11.2 Å². The van der Waals surface area contributed by atoms with Crippen LogP contribution >= 0.6 is 0 Å². The zero-order valence-corrected chi connectivity index (χ0v) is 10.8. The van der Waals surface area contributed by atoms with Gasteiger partial charge >= 0.3 is 0 Å². The summed E-state index contributed by atoms with van der Waals surface area (Å²) in [6.45, 7) is 0. The summed E-state index contributed by atoms with van der Waals surface area (Å²) >= 11 is 0. The molecule has 4 rings (SSSR count). The van der Waals surface area contributed by atoms with Crippen molar-refractivity contribution in [2.45, 2.75) is 18.8 Å². The Bertz CT molecular complexity index is 849. The summed E-state index contributed by atoms with van der Waals surface area (Å²) in [6, 6.07) is 11.4. The van der Waals surface area contributed by atoms with Crippen molar-refractivity contribution in [3.63, 3.8) is 0 Å². The number of hydrogen-bond acceptors (Lipinski definition) is 3. The lowest BCUT2D eigenvalue weighted by atomic mass is 10.1. The number of nitrogens with one attached hydrogen (secondary N) is 1. The summed E-state index contributed by atoms with van der Waals surface area (Å²) in [4.78, 5) is 23.5. The first-order valence-electron chi connectivity index (χ1n) is 6.76. The van der Waals surface area contributed by atoms with Crippen LogP contribution in [0.5, 0.6) is 0 Å². The Labute approximate surface area is 115 Å². The Balaban J connectivity index is 1.87. The van der Waals surface area contributed by atoms with Crippen LogP contribution in [0.2, 0.25) is 0 Å². The van der Waals surface area contributed by atoms with Gasteiger partial charge in [0, 0.05) is 29.1 Å². The molecule has 0 saturated heterocycles. The Morgan fingerprint density at radius 1 is 1.15 bits per heavy atom. The van der Waals surface area contributed by atoms with Crippen LogP contribution in [0.1, 0.15) is 24.6 Å². The second-order valence-electron chi connectivity index (χ2n) is 5.20. The van der Waals surface area contributed by atoms with Gasteiger partial charge in [-0.25, -0.2) is 4.98 Å². The van der Waals surface area contributed by atoms with Gasteiger partial charge < -0.3 is 4.98 Å². The summed E-state index contributed by atoms with van der Waals surface area (Å²) in [6.07, 6.45) is 4.01. The molecule has 0 amide bonds. The molecule has 1 aliphatic rings. The number of H-pyrrole nitrogens is 1. The largest absolute Gasteiger partial charge is 0.310 e. The first-order chi connectivity index (χ1) is 9.79. The van der Waals surface area contributed by atoms with Gasteiger partial charge in [0.25, 0.3) is 5.56 Å². The molecule has 0 bridgehead atoms. The van der Waals surface area contributed by atoms with Crippen LogP contribution in [0, 0.1) is 0 Å². The molecule has 0 radical (unpaired) electrons. The number of pyridine rings is 1. The number of aromatic amines is 1. The molecule has 98 valence electrons. The molecule has 4 nitrogen and oxygen atoms in total. The molecule has 2 heterocycles. The fourth-order valence-corrected chi connectivity index (χ4v) is 2.41. The average Bonchev–Trinajstić information content (AvgIpc) is 3.31. The number of rotatable bonds is 2. The molecular weight excluding hydrogens is 250 g/mol. The van der Waals surface area contributed by atoms with E-state index in [0.29, 0.717) is 5.92 Å². The van der Waals surface area contributed by atoms with Gasteiger partial charge in [0.1, 0.15) is 5.82 Å². The highest BCUT2D eigenvalue weighted by Gasteiger charge is 2.26. The third-order valence-electron chi connectivity index (χ3n) is 3.62. The van der Waals surface area contributed by atoms with E-state index in [1.54, 1.807) is 12.3 Å². The van der Waals surface area contributed by atoms with Crippen LogP contribution in [-0.4, -0.2) is 15.0 Å². The van der Waals surface area contributed by atoms with Crippen LogP contribution < -0.4 is 5.56 Å². The van der Waals surface area contributed by atoms with E-state index >= 15 is 0 Å². The van der Waals surface area contributed by atoms with Gasteiger partial charge in [-0.05, 0) is 31.0 Å². The van der Waals surface area contributed by atoms with Crippen molar-refractivity contribution >= 4 is 10.9 Å². The van der Waals surface area contributed by atoms with E-state index in [2.05, 4.69) is 15.0 Å². The Kier molecular flexibility index (Phi) is 2.42. The van der Waals surface area contributed by atoms with E-state index < -0.39 is 0 Å². The maximum absolute atomic E-state index is 11.8. The number of hydrogen-bond donors (Lipinski definition) is 1. The Morgan fingerprint density at radius 3 is 2.90 bits per heavy atom. The van der Waals surface area contributed by atoms with Gasteiger partial charge in [-0.1, -0.05) is 12.1 Å². The van der Waals surface area contributed by atoms with Crippen molar-refractivity contribution in [1.82, 2.24) is 15.0 Å². The maximum Gasteiger partial charge on any atom is 0.251 e. The molecule has 0 aliphatic heterocycles. The van der Waals surface area contributed by atoms with Crippen LogP contribution in [-0.2, 0) is 0 Å². The van der Waals surface area contributed by atoms with Crippen LogP contribution in [0.15, 0.2) is 47.4 Å². The highest BCUT2D eigenvalue weighted by atomic mass is 16.1. The summed E-state index contributed by atoms with van der Waals surface area (Å²) in [7, 11) is 0. The molecule has 1 aromatic carbocycles. The van der Waals surface area contributed by atoms with Crippen molar-refractivity contribution < 1.29 is 0 Å². The zero-order chi connectivity index (χ0) is 13.5. The lowest BCUT2D eigenvalue weighted by Crippen LogP contribution is -2.10. The van der Waals surface area contributed by atoms with Gasteiger partial charge in [-0.2, -0.15) is 0 Å². The van der Waals surface area contributed by atoms with E-state index in [9.17, 15) is 4.79 Å². The molecule has 4 heteroatoms. The van der Waals surface area contributed by atoms with E-state index in [1.165, 1.54) is 0 Å². The molecular formula is C16H13N3O. The van der Waals surface area contributed by atoms with Gasteiger partial charge in [-0.15, -0.1) is 0 Å². The molecule has 1 N–H and O–H groups in total. The van der Waals surface area contributed by atoms with E-state index in [-0.39, 0.29) is 5.56 Å². The first kappa shape index (κ1) is 11.3. The quantitative estimate of drug-likeness (QED) is 0.773. The van der Waals surface area contributed by atoms with Crippen LogP contribution in [0.3, 0.4) is 0 Å². The fraction of sp³-hybridized carbons (Fsp3) is 0.188. The van der Waals surface area contributed by atoms with Gasteiger partial charge in [0.2, 0.25) is 0 Å². The van der Waals surface area contributed by atoms with Crippen molar-refractivity contribution in [1.29, 1.82) is 0 Å². The Hall–Kier alpha value is -2.49. The molecule has 20 heavy (non-hydrogen) atoms. The Morgan fingerprint density at radius 2 is 2.05 bits per heavy atom. The highest BCUT2D eigenvalue weighted by Crippen LogP contribution is 2.38. The van der Waals surface area contributed by atoms with Crippen molar-refractivity contribution in [3.8, 4) is 11.3 Å². The van der Waals surface area contributed by atoms with Gasteiger partial charge in [0.15, 0.2) is 0 Å². The summed E-state index contributed by atoms with van der Waals surface area (Å²) < 4.78 is 0. The topological polar surface area (TPSA) is 58.6 Å². The molecule has 0 atom stereocenters. The normalized spacial score (nSPS) is 14.6. The number of benzene rings is 1. The van der Waals surface area contributed by atoms with Crippen molar-refractivity contribution in [2.75, 3.05) is 0 Å². The summed E-state index contributed by atoms with van der Waals surface area (Å²) in [5.74, 6) is 1.25. The molecule has 3 aromatic rings. The lowest BCUT2D eigenvalue weighted by molar-refractivity contribution is 0.912. The van der Waals surface area contributed by atoms with Crippen LogP contribution in [0.4, 0.5) is 0 Å². The monoisotopic (exact) mass is 263 g/mol. The SMILES string of the molecule is O=c1cc(-c2ccc3ncccc3c2)nc(C2CC2)[nH]1. The second kappa shape index (κ2) is 4.27. The minimum absolute atomic E-state index is 0.0804. The summed E-state index contributed by atoms with van der Waals surface area (Å²) in [5, 5.41) is 1.06. The molecule has 1 saturated carbocycles. The molecule has 2 aromatic heterocycles. The van der Waals surface area contributed by atoms with Gasteiger partial charge in [-0.3, -0.25) is 9.78 Å². The highest BCUT2D eigenvalue weighted by molar-refractivity contribution is 5.83.